The molecule has 0 saturated carbocycles. The maximum atomic E-state index is 13.1. The van der Waals surface area contributed by atoms with Gasteiger partial charge in [-0.2, -0.15) is 0 Å². The highest BCUT2D eigenvalue weighted by Crippen LogP contribution is 2.49. The Kier molecular flexibility index (Phi) is 6.81. The van der Waals surface area contributed by atoms with Crippen molar-refractivity contribution in [3.63, 3.8) is 0 Å². The quantitative estimate of drug-likeness (QED) is 0.336. The summed E-state index contributed by atoms with van der Waals surface area (Å²) in [4.78, 5) is 36.5. The van der Waals surface area contributed by atoms with Gasteiger partial charge in [-0.1, -0.05) is 39.0 Å². The summed E-state index contributed by atoms with van der Waals surface area (Å²) in [5.74, 6) is -2.76. The van der Waals surface area contributed by atoms with Crippen molar-refractivity contribution >= 4 is 17.7 Å². The molecule has 2 N–H and O–H groups in total. The Morgan fingerprint density at radius 3 is 2.73 bits per heavy atom. The van der Waals surface area contributed by atoms with E-state index in [-0.39, 0.29) is 12.4 Å². The average Bonchev–Trinajstić information content (AvgIpc) is 2.96. The fourth-order valence-corrected chi connectivity index (χ4v) is 4.69. The highest BCUT2D eigenvalue weighted by Gasteiger charge is 2.61. The number of esters is 1. The molecule has 3 aliphatic rings. The second kappa shape index (κ2) is 9.16. The van der Waals surface area contributed by atoms with Gasteiger partial charge >= 0.3 is 11.9 Å². The second-order valence-electron chi connectivity index (χ2n) is 8.47. The van der Waals surface area contributed by atoms with E-state index in [9.17, 15) is 19.5 Å². The summed E-state index contributed by atoms with van der Waals surface area (Å²) in [6, 6.07) is 0. The van der Waals surface area contributed by atoms with Gasteiger partial charge in [0.1, 0.15) is 12.4 Å². The molecule has 7 nitrogen and oxygen atoms in total. The van der Waals surface area contributed by atoms with Gasteiger partial charge in [-0.25, -0.2) is 4.79 Å². The van der Waals surface area contributed by atoms with Crippen LogP contribution in [0.4, 0.5) is 0 Å². The standard InChI is InChI=1S/C23H30O7/c1-3-4-5-6-7-8-18(24)20-17-12-14-11-15(9-10-19(25)26)29-13-16(14)21(27)23(17,2)30-22(20)28/h9-11,17-18,20,24H,3-8,12-13H2,1-2H3,(H,25,26). The van der Waals surface area contributed by atoms with Crippen LogP contribution in [-0.4, -0.2) is 46.2 Å². The number of ketones is 1. The van der Waals surface area contributed by atoms with E-state index in [1.807, 2.05) is 0 Å². The first-order valence-corrected chi connectivity index (χ1v) is 10.7. The molecule has 164 valence electrons. The van der Waals surface area contributed by atoms with Crippen molar-refractivity contribution in [2.75, 3.05) is 6.61 Å². The van der Waals surface area contributed by atoms with E-state index in [1.54, 1.807) is 13.0 Å². The predicted octanol–water partition coefficient (Wildman–Crippen LogP) is 3.08. The molecule has 2 heterocycles. The maximum Gasteiger partial charge on any atom is 0.328 e. The van der Waals surface area contributed by atoms with E-state index in [4.69, 9.17) is 14.6 Å². The lowest BCUT2D eigenvalue weighted by Gasteiger charge is -2.37. The molecule has 3 rings (SSSR count). The third-order valence-corrected chi connectivity index (χ3v) is 6.39. The number of Topliss-reactive ketones (excluding diaryl/α,β-unsaturated/α-hetero) is 1. The largest absolute Gasteiger partial charge is 0.489 e. The molecule has 2 aliphatic heterocycles. The van der Waals surface area contributed by atoms with Gasteiger partial charge < -0.3 is 19.7 Å². The monoisotopic (exact) mass is 418 g/mol. The van der Waals surface area contributed by atoms with Gasteiger partial charge in [-0.15, -0.1) is 0 Å². The van der Waals surface area contributed by atoms with E-state index < -0.39 is 35.5 Å². The number of allylic oxidation sites excluding steroid dienone is 3. The summed E-state index contributed by atoms with van der Waals surface area (Å²) in [6.45, 7) is 3.77. The first kappa shape index (κ1) is 22.3. The Morgan fingerprint density at radius 1 is 1.30 bits per heavy atom. The normalized spacial score (nSPS) is 29.2. The van der Waals surface area contributed by atoms with Crippen LogP contribution >= 0.6 is 0 Å². The number of ether oxygens (including phenoxy) is 2. The number of hydrogen-bond donors (Lipinski definition) is 2. The van der Waals surface area contributed by atoms with Crippen molar-refractivity contribution in [1.29, 1.82) is 0 Å². The van der Waals surface area contributed by atoms with Gasteiger partial charge in [0.2, 0.25) is 5.78 Å². The third-order valence-electron chi connectivity index (χ3n) is 6.39. The van der Waals surface area contributed by atoms with Crippen LogP contribution in [0.3, 0.4) is 0 Å². The van der Waals surface area contributed by atoms with Crippen molar-refractivity contribution in [3.8, 4) is 0 Å². The van der Waals surface area contributed by atoms with Crippen molar-refractivity contribution in [3.05, 3.63) is 35.1 Å². The summed E-state index contributed by atoms with van der Waals surface area (Å²) in [7, 11) is 0. The molecule has 4 atom stereocenters. The number of carboxylic acid groups (broad SMARTS) is 1. The lowest BCUT2D eigenvalue weighted by molar-refractivity contribution is -0.158. The van der Waals surface area contributed by atoms with E-state index in [0.717, 1.165) is 43.8 Å². The molecule has 1 aliphatic carbocycles. The minimum atomic E-state index is -1.30. The van der Waals surface area contributed by atoms with Crippen LogP contribution in [0.1, 0.15) is 58.8 Å². The number of aliphatic carboxylic acids is 1. The molecule has 0 bridgehead atoms. The van der Waals surface area contributed by atoms with Gasteiger partial charge in [0.25, 0.3) is 0 Å². The van der Waals surface area contributed by atoms with Gasteiger partial charge in [-0.05, 0) is 37.5 Å². The fourth-order valence-electron chi connectivity index (χ4n) is 4.69. The molecule has 0 spiro atoms. The zero-order valence-electron chi connectivity index (χ0n) is 17.6. The highest BCUT2D eigenvalue weighted by molar-refractivity contribution is 6.07. The Labute approximate surface area is 176 Å². The minimum absolute atomic E-state index is 0.00840. The first-order chi connectivity index (χ1) is 14.3. The third kappa shape index (κ3) is 4.36. The average molecular weight is 418 g/mol. The topological polar surface area (TPSA) is 110 Å². The van der Waals surface area contributed by atoms with Gasteiger partial charge in [0.05, 0.1) is 12.0 Å². The molecule has 30 heavy (non-hydrogen) atoms. The summed E-state index contributed by atoms with van der Waals surface area (Å²) in [5.41, 5.74) is -0.129. The summed E-state index contributed by atoms with van der Waals surface area (Å²) in [5, 5.41) is 19.6. The van der Waals surface area contributed by atoms with Gasteiger partial charge in [0, 0.05) is 17.6 Å². The van der Waals surface area contributed by atoms with Crippen LogP contribution in [0.5, 0.6) is 0 Å². The van der Waals surface area contributed by atoms with Gasteiger partial charge in [0.15, 0.2) is 5.60 Å². The van der Waals surface area contributed by atoms with E-state index >= 15 is 0 Å². The van der Waals surface area contributed by atoms with E-state index in [2.05, 4.69) is 6.92 Å². The number of carbonyl (C=O) groups excluding carboxylic acids is 2. The molecule has 0 aromatic rings. The zero-order chi connectivity index (χ0) is 21.9. The van der Waals surface area contributed by atoms with Crippen molar-refractivity contribution < 1.29 is 34.1 Å². The fraction of sp³-hybridized carbons (Fsp3) is 0.609. The van der Waals surface area contributed by atoms with Gasteiger partial charge in [-0.3, -0.25) is 9.59 Å². The number of aliphatic hydroxyl groups is 1. The lowest BCUT2D eigenvalue weighted by atomic mass is 9.67. The van der Waals surface area contributed by atoms with Crippen LogP contribution < -0.4 is 0 Å². The minimum Gasteiger partial charge on any atom is -0.489 e. The summed E-state index contributed by atoms with van der Waals surface area (Å²) >= 11 is 0. The number of unbranched alkanes of at least 4 members (excludes halogenated alkanes) is 4. The SMILES string of the molecule is CCCCCCCC(O)C1C(=O)OC2(C)C(=O)C3=C(C=C(C=CC(=O)O)OC3)CC12. The van der Waals surface area contributed by atoms with Crippen LogP contribution in [0.2, 0.25) is 0 Å². The lowest BCUT2D eigenvalue weighted by Crippen LogP contribution is -2.48. The predicted molar refractivity (Wildman–Crippen MR) is 108 cm³/mol. The maximum absolute atomic E-state index is 13.1. The zero-order valence-corrected chi connectivity index (χ0v) is 17.6. The number of carbonyl (C=O) groups is 3. The van der Waals surface area contributed by atoms with Crippen molar-refractivity contribution in [1.82, 2.24) is 0 Å². The summed E-state index contributed by atoms with van der Waals surface area (Å²) < 4.78 is 11.0. The molecule has 1 fully saturated rings. The molecular weight excluding hydrogens is 388 g/mol. The molecule has 0 amide bonds. The molecule has 0 aromatic carbocycles. The van der Waals surface area contributed by atoms with Crippen molar-refractivity contribution in [2.45, 2.75) is 70.5 Å². The molecule has 0 radical (unpaired) electrons. The van der Waals surface area contributed by atoms with Crippen LogP contribution in [0.15, 0.2) is 35.1 Å². The number of carboxylic acids is 1. The number of rotatable bonds is 9. The number of hydrogen-bond acceptors (Lipinski definition) is 6. The summed E-state index contributed by atoms with van der Waals surface area (Å²) in [6.07, 6.45) is 9.23. The van der Waals surface area contributed by atoms with Crippen LogP contribution in [0, 0.1) is 11.8 Å². The Balaban J connectivity index is 1.77. The smallest absolute Gasteiger partial charge is 0.328 e. The Morgan fingerprint density at radius 2 is 2.03 bits per heavy atom. The first-order valence-electron chi connectivity index (χ1n) is 10.7. The second-order valence-corrected chi connectivity index (χ2v) is 8.47. The van der Waals surface area contributed by atoms with Crippen molar-refractivity contribution in [2.24, 2.45) is 11.8 Å². The molecule has 4 unspecified atom stereocenters. The van der Waals surface area contributed by atoms with Crippen LogP contribution in [-0.2, 0) is 23.9 Å². The number of fused-ring (bicyclic) bond motifs is 1. The Hall–Kier alpha value is -2.41. The molecular formula is C23H30O7. The highest BCUT2D eigenvalue weighted by atomic mass is 16.6. The molecule has 0 aromatic heterocycles. The number of aliphatic hydroxyl groups excluding tert-OH is 1. The van der Waals surface area contributed by atoms with E-state index in [1.165, 1.54) is 6.08 Å². The van der Waals surface area contributed by atoms with E-state index in [0.29, 0.717) is 24.2 Å². The van der Waals surface area contributed by atoms with Crippen LogP contribution in [0.25, 0.3) is 0 Å². The molecule has 1 saturated heterocycles. The Bertz CT molecular complexity index is 806. The molecule has 7 heteroatoms.